The molecule has 0 unspecified atom stereocenters. The smallest absolute Gasteiger partial charge is 0.196 e. The first-order valence-corrected chi connectivity index (χ1v) is 6.11. The molecule has 18 heavy (non-hydrogen) atoms. The maximum atomic E-state index is 11.0. The van der Waals surface area contributed by atoms with Crippen LogP contribution in [0, 0.1) is 0 Å². The van der Waals surface area contributed by atoms with E-state index in [2.05, 4.69) is 9.97 Å². The third-order valence-electron chi connectivity index (χ3n) is 2.08. The molecule has 0 atom stereocenters. The lowest BCUT2D eigenvalue weighted by atomic mass is 10.2. The third-order valence-corrected chi connectivity index (χ3v) is 3.35. The van der Waals surface area contributed by atoms with Crippen LogP contribution in [-0.2, 0) is 0 Å². The summed E-state index contributed by atoms with van der Waals surface area (Å²) in [6.07, 6.45) is 0.695. The van der Waals surface area contributed by atoms with Gasteiger partial charge in [-0.1, -0.05) is 17.7 Å². The fourth-order valence-electron chi connectivity index (χ4n) is 1.33. The first kappa shape index (κ1) is 12.7. The molecule has 0 bridgehead atoms. The van der Waals surface area contributed by atoms with Crippen LogP contribution in [0.2, 0.25) is 5.02 Å². The Labute approximate surface area is 113 Å². The van der Waals surface area contributed by atoms with Crippen molar-refractivity contribution in [3.8, 4) is 0 Å². The number of rotatable bonds is 3. The number of carbonyl (C=O) groups excluding carboxylic acids is 1. The maximum absolute atomic E-state index is 11.0. The van der Waals surface area contributed by atoms with Crippen LogP contribution in [0.3, 0.4) is 0 Å². The van der Waals surface area contributed by atoms with Gasteiger partial charge < -0.3 is 11.5 Å². The zero-order chi connectivity index (χ0) is 13.1. The fourth-order valence-corrected chi connectivity index (χ4v) is 2.52. The van der Waals surface area contributed by atoms with E-state index < -0.39 is 0 Å². The van der Waals surface area contributed by atoms with Crippen molar-refractivity contribution in [2.45, 2.75) is 10.1 Å². The van der Waals surface area contributed by atoms with Gasteiger partial charge in [-0.2, -0.15) is 0 Å². The van der Waals surface area contributed by atoms with Gasteiger partial charge >= 0.3 is 0 Å². The number of carbonyl (C=O) groups is 1. The second-order valence-electron chi connectivity index (χ2n) is 3.37. The van der Waals surface area contributed by atoms with E-state index in [0.717, 1.165) is 0 Å². The summed E-state index contributed by atoms with van der Waals surface area (Å²) in [7, 11) is 0. The van der Waals surface area contributed by atoms with Crippen LogP contribution in [0.4, 0.5) is 11.6 Å². The first-order valence-electron chi connectivity index (χ1n) is 4.91. The molecule has 7 heteroatoms. The molecule has 0 aliphatic carbocycles. The summed E-state index contributed by atoms with van der Waals surface area (Å²) in [5, 5.41) is 0.754. The lowest BCUT2D eigenvalue weighted by Gasteiger charge is -2.05. The summed E-state index contributed by atoms with van der Waals surface area (Å²) in [5.74, 6) is 0.555. The van der Waals surface area contributed by atoms with Crippen molar-refractivity contribution in [3.05, 3.63) is 34.9 Å². The molecule has 0 saturated carbocycles. The van der Waals surface area contributed by atoms with E-state index in [1.807, 2.05) is 0 Å². The molecule has 1 aromatic heterocycles. The molecule has 0 amide bonds. The number of benzene rings is 1. The molecule has 2 rings (SSSR count). The predicted molar refractivity (Wildman–Crippen MR) is 71.8 cm³/mol. The van der Waals surface area contributed by atoms with E-state index in [-0.39, 0.29) is 11.6 Å². The molecule has 92 valence electrons. The lowest BCUT2D eigenvalue weighted by Crippen LogP contribution is -1.99. The van der Waals surface area contributed by atoms with E-state index in [1.54, 1.807) is 18.2 Å². The minimum absolute atomic E-state index is 0.277. The van der Waals surface area contributed by atoms with Crippen LogP contribution in [0.1, 0.15) is 10.4 Å². The Morgan fingerprint density at radius 3 is 2.50 bits per heavy atom. The second kappa shape index (κ2) is 5.24. The van der Waals surface area contributed by atoms with Gasteiger partial charge in [0.25, 0.3) is 0 Å². The number of hydrogen-bond donors (Lipinski definition) is 2. The number of nitrogens with zero attached hydrogens (tertiary/aromatic N) is 2. The van der Waals surface area contributed by atoms with E-state index in [1.165, 1.54) is 17.8 Å². The predicted octanol–water partition coefficient (Wildman–Crippen LogP) is 2.26. The number of anilines is 2. The maximum Gasteiger partial charge on any atom is 0.196 e. The van der Waals surface area contributed by atoms with Gasteiger partial charge in [0.15, 0.2) is 11.4 Å². The Morgan fingerprint density at radius 2 is 1.89 bits per heavy atom. The molecule has 0 saturated heterocycles. The highest BCUT2D eigenvalue weighted by atomic mass is 35.5. The Balaban J connectivity index is 2.39. The minimum Gasteiger partial charge on any atom is -0.383 e. The van der Waals surface area contributed by atoms with Crippen molar-refractivity contribution in [1.82, 2.24) is 9.97 Å². The molecule has 0 aliphatic rings. The molecule has 1 aromatic carbocycles. The zero-order valence-electron chi connectivity index (χ0n) is 9.13. The molecule has 0 fully saturated rings. The van der Waals surface area contributed by atoms with Crippen molar-refractivity contribution in [1.29, 1.82) is 0 Å². The summed E-state index contributed by atoms with van der Waals surface area (Å²) in [4.78, 5) is 19.7. The second-order valence-corrected chi connectivity index (χ2v) is 4.79. The number of nitrogen functional groups attached to an aromatic ring is 2. The molecule has 4 N–H and O–H groups in total. The van der Waals surface area contributed by atoms with E-state index in [0.29, 0.717) is 26.9 Å². The van der Waals surface area contributed by atoms with Crippen molar-refractivity contribution >= 4 is 41.3 Å². The molecular weight excluding hydrogens is 272 g/mol. The van der Waals surface area contributed by atoms with Gasteiger partial charge in [0.2, 0.25) is 0 Å². The highest BCUT2D eigenvalue weighted by molar-refractivity contribution is 7.99. The zero-order valence-corrected chi connectivity index (χ0v) is 10.7. The van der Waals surface area contributed by atoms with Crippen molar-refractivity contribution in [2.24, 2.45) is 0 Å². The highest BCUT2D eigenvalue weighted by Gasteiger charge is 2.10. The summed E-state index contributed by atoms with van der Waals surface area (Å²) in [5.41, 5.74) is 11.5. The molecule has 0 radical (unpaired) electrons. The van der Waals surface area contributed by atoms with Crippen LogP contribution in [-0.4, -0.2) is 16.3 Å². The van der Waals surface area contributed by atoms with Gasteiger partial charge in [-0.25, -0.2) is 9.97 Å². The highest BCUT2D eigenvalue weighted by Crippen LogP contribution is 2.31. The fraction of sp³-hybridized carbons (Fsp3) is 0. The third kappa shape index (κ3) is 2.72. The van der Waals surface area contributed by atoms with Gasteiger partial charge in [0.05, 0.1) is 5.02 Å². The van der Waals surface area contributed by atoms with Gasteiger partial charge in [-0.15, -0.1) is 0 Å². The van der Waals surface area contributed by atoms with Gasteiger partial charge in [-0.05, 0) is 23.9 Å². The number of halogens is 1. The van der Waals surface area contributed by atoms with Crippen LogP contribution >= 0.6 is 23.4 Å². The summed E-state index contributed by atoms with van der Waals surface area (Å²) in [6, 6.07) is 6.60. The number of aldehydes is 1. The number of hydrogen-bond acceptors (Lipinski definition) is 6. The van der Waals surface area contributed by atoms with E-state index in [9.17, 15) is 4.79 Å². The molecule has 1 heterocycles. The molecular formula is C11H9ClN4OS. The van der Waals surface area contributed by atoms with Crippen LogP contribution in [0.5, 0.6) is 0 Å². The number of nitrogens with two attached hydrogens (primary N) is 2. The summed E-state index contributed by atoms with van der Waals surface area (Å²) < 4.78 is 0. The topological polar surface area (TPSA) is 94.9 Å². The summed E-state index contributed by atoms with van der Waals surface area (Å²) >= 11 is 7.11. The Bertz CT molecular complexity index is 585. The lowest BCUT2D eigenvalue weighted by molar-refractivity contribution is 0.112. The largest absolute Gasteiger partial charge is 0.383 e. The van der Waals surface area contributed by atoms with Gasteiger partial charge in [-0.3, -0.25) is 4.79 Å². The van der Waals surface area contributed by atoms with E-state index in [4.69, 9.17) is 23.1 Å². The normalized spacial score (nSPS) is 10.3. The Kier molecular flexibility index (Phi) is 3.69. The van der Waals surface area contributed by atoms with Crippen molar-refractivity contribution in [3.63, 3.8) is 0 Å². The van der Waals surface area contributed by atoms with Crippen LogP contribution in [0.25, 0.3) is 0 Å². The van der Waals surface area contributed by atoms with Crippen molar-refractivity contribution < 1.29 is 4.79 Å². The quantitative estimate of drug-likeness (QED) is 0.661. The first-order chi connectivity index (χ1) is 8.60. The van der Waals surface area contributed by atoms with E-state index >= 15 is 0 Å². The molecule has 0 spiro atoms. The summed E-state index contributed by atoms with van der Waals surface area (Å²) in [6.45, 7) is 0. The molecule has 5 nitrogen and oxygen atoms in total. The average molecular weight is 281 g/mol. The van der Waals surface area contributed by atoms with Crippen LogP contribution in [0.15, 0.2) is 34.3 Å². The standard InChI is InChI=1S/C11H9ClN4OS/c12-7-2-1-3-8(6(7)5-17)18-11-15-9(13)4-10(14)16-11/h1-5H,(H4,13,14,15,16). The minimum atomic E-state index is 0.277. The van der Waals surface area contributed by atoms with Gasteiger partial charge in [0, 0.05) is 16.5 Å². The Hall–Kier alpha value is -1.79. The monoisotopic (exact) mass is 280 g/mol. The number of aromatic nitrogens is 2. The van der Waals surface area contributed by atoms with Crippen LogP contribution < -0.4 is 11.5 Å². The molecule has 2 aromatic rings. The molecule has 0 aliphatic heterocycles. The Morgan fingerprint density at radius 1 is 1.22 bits per heavy atom. The average Bonchev–Trinajstić information content (AvgIpc) is 2.27. The van der Waals surface area contributed by atoms with Crippen molar-refractivity contribution in [2.75, 3.05) is 11.5 Å². The van der Waals surface area contributed by atoms with Gasteiger partial charge in [0.1, 0.15) is 11.6 Å². The SMILES string of the molecule is Nc1cc(N)nc(Sc2cccc(Cl)c2C=O)n1.